The van der Waals surface area contributed by atoms with Gasteiger partial charge in [0.05, 0.1) is 23.8 Å². The highest BCUT2D eigenvalue weighted by Crippen LogP contribution is 2.38. The van der Waals surface area contributed by atoms with Gasteiger partial charge in [0.2, 0.25) is 0 Å². The number of fused-ring (bicyclic) bond motifs is 2. The van der Waals surface area contributed by atoms with E-state index >= 15 is 0 Å². The molecule has 0 fully saturated rings. The second-order valence-corrected chi connectivity index (χ2v) is 9.67. The standard InChI is InChI=1S/C26H24N2O5S/c1-14-10-15(2)22-18(29)12-20(33-19(22)11-14)24(30)28-26-23(17-7-3-4-8-21(17)34-26)25(31)27-13-16-6-5-9-32-16/h5-6,9-12H,3-4,7-8,13H2,1-2H3,(H,27,31)(H,28,30). The van der Waals surface area contributed by atoms with Crippen LogP contribution in [0.5, 0.6) is 0 Å². The second kappa shape index (κ2) is 8.95. The lowest BCUT2D eigenvalue weighted by atomic mass is 9.95. The van der Waals surface area contributed by atoms with Gasteiger partial charge in [0.15, 0.2) is 11.2 Å². The molecular weight excluding hydrogens is 452 g/mol. The summed E-state index contributed by atoms with van der Waals surface area (Å²) in [7, 11) is 0. The molecular formula is C26H24N2O5S. The number of nitrogens with one attached hydrogen (secondary N) is 2. The van der Waals surface area contributed by atoms with Crippen LogP contribution in [0, 0.1) is 13.8 Å². The van der Waals surface area contributed by atoms with Crippen LogP contribution in [0.1, 0.15) is 61.1 Å². The average Bonchev–Trinajstić information content (AvgIpc) is 3.44. The minimum Gasteiger partial charge on any atom is -0.467 e. The van der Waals surface area contributed by atoms with E-state index in [9.17, 15) is 14.4 Å². The molecule has 34 heavy (non-hydrogen) atoms. The molecule has 3 heterocycles. The molecule has 0 atom stereocenters. The lowest BCUT2D eigenvalue weighted by Gasteiger charge is -2.13. The number of carbonyl (C=O) groups excluding carboxylic acids is 2. The third-order valence-corrected chi connectivity index (χ3v) is 7.23. The molecule has 3 aromatic heterocycles. The molecule has 0 saturated carbocycles. The molecule has 8 heteroatoms. The number of hydrogen-bond donors (Lipinski definition) is 2. The van der Waals surface area contributed by atoms with E-state index in [2.05, 4.69) is 10.6 Å². The summed E-state index contributed by atoms with van der Waals surface area (Å²) in [6, 6.07) is 8.42. The molecule has 0 unspecified atom stereocenters. The van der Waals surface area contributed by atoms with Crippen molar-refractivity contribution in [3.63, 3.8) is 0 Å². The summed E-state index contributed by atoms with van der Waals surface area (Å²) >= 11 is 1.41. The van der Waals surface area contributed by atoms with Crippen LogP contribution in [0.15, 0.2) is 50.2 Å². The van der Waals surface area contributed by atoms with Crippen LogP contribution in [0.3, 0.4) is 0 Å². The molecule has 0 spiro atoms. The Bertz CT molecular complexity index is 1460. The predicted molar refractivity (Wildman–Crippen MR) is 131 cm³/mol. The Labute approximate surface area is 199 Å². The fourth-order valence-electron chi connectivity index (χ4n) is 4.50. The Kier molecular flexibility index (Phi) is 5.83. The number of benzene rings is 1. The summed E-state index contributed by atoms with van der Waals surface area (Å²) < 4.78 is 11.1. The monoisotopic (exact) mass is 476 g/mol. The molecule has 2 N–H and O–H groups in total. The Morgan fingerprint density at radius 1 is 1.09 bits per heavy atom. The first-order valence-electron chi connectivity index (χ1n) is 11.2. The molecule has 2 amide bonds. The molecule has 1 aliphatic carbocycles. The van der Waals surface area contributed by atoms with Gasteiger partial charge in [-0.3, -0.25) is 14.4 Å². The normalized spacial score (nSPS) is 13.0. The van der Waals surface area contributed by atoms with Crippen LogP contribution >= 0.6 is 11.3 Å². The average molecular weight is 477 g/mol. The zero-order valence-electron chi connectivity index (χ0n) is 18.9. The molecule has 0 bridgehead atoms. The van der Waals surface area contributed by atoms with Crippen LogP contribution in [0.25, 0.3) is 11.0 Å². The van der Waals surface area contributed by atoms with Crippen molar-refractivity contribution in [3.05, 3.63) is 85.5 Å². The van der Waals surface area contributed by atoms with Gasteiger partial charge in [0.1, 0.15) is 16.3 Å². The van der Waals surface area contributed by atoms with Gasteiger partial charge in [0, 0.05) is 10.9 Å². The highest BCUT2D eigenvalue weighted by molar-refractivity contribution is 7.17. The van der Waals surface area contributed by atoms with Gasteiger partial charge in [0.25, 0.3) is 11.8 Å². The topological polar surface area (TPSA) is 102 Å². The van der Waals surface area contributed by atoms with E-state index in [1.54, 1.807) is 24.5 Å². The zero-order valence-corrected chi connectivity index (χ0v) is 19.8. The molecule has 4 aromatic rings. The first kappa shape index (κ1) is 22.2. The third-order valence-electron chi connectivity index (χ3n) is 6.02. The SMILES string of the molecule is Cc1cc(C)c2c(=O)cc(C(=O)Nc3sc4c(c3C(=O)NCc3ccco3)CCCC4)oc2c1. The van der Waals surface area contributed by atoms with Crippen LogP contribution in [0.2, 0.25) is 0 Å². The van der Waals surface area contributed by atoms with E-state index in [4.69, 9.17) is 8.83 Å². The summed E-state index contributed by atoms with van der Waals surface area (Å²) in [5, 5.41) is 6.66. The molecule has 7 nitrogen and oxygen atoms in total. The number of anilines is 1. The first-order valence-corrected chi connectivity index (χ1v) is 12.0. The number of furan rings is 1. The van der Waals surface area contributed by atoms with Crippen LogP contribution in [-0.4, -0.2) is 11.8 Å². The van der Waals surface area contributed by atoms with Gasteiger partial charge in [-0.25, -0.2) is 0 Å². The van der Waals surface area contributed by atoms with E-state index < -0.39 is 5.91 Å². The minimum absolute atomic E-state index is 0.0872. The number of carbonyl (C=O) groups is 2. The summed E-state index contributed by atoms with van der Waals surface area (Å²) in [6.45, 7) is 4.00. The molecule has 0 saturated heterocycles. The molecule has 0 aliphatic heterocycles. The van der Waals surface area contributed by atoms with Crippen LogP contribution in [0.4, 0.5) is 5.00 Å². The third kappa shape index (κ3) is 4.17. The van der Waals surface area contributed by atoms with Crippen molar-refractivity contribution in [2.45, 2.75) is 46.1 Å². The highest BCUT2D eigenvalue weighted by atomic mass is 32.1. The van der Waals surface area contributed by atoms with E-state index in [-0.39, 0.29) is 23.6 Å². The Morgan fingerprint density at radius 3 is 2.71 bits per heavy atom. The Morgan fingerprint density at radius 2 is 1.91 bits per heavy atom. The van der Waals surface area contributed by atoms with Crippen molar-refractivity contribution < 1.29 is 18.4 Å². The van der Waals surface area contributed by atoms with Gasteiger partial charge in [-0.15, -0.1) is 11.3 Å². The number of thiophene rings is 1. The van der Waals surface area contributed by atoms with Gasteiger partial charge in [-0.05, 0) is 74.4 Å². The van der Waals surface area contributed by atoms with E-state index in [0.29, 0.717) is 27.3 Å². The fourth-order valence-corrected chi connectivity index (χ4v) is 5.79. The predicted octanol–water partition coefficient (Wildman–Crippen LogP) is 5.13. The summed E-state index contributed by atoms with van der Waals surface area (Å²) in [5.74, 6) is -0.267. The van der Waals surface area contributed by atoms with E-state index in [1.807, 2.05) is 19.9 Å². The summed E-state index contributed by atoms with van der Waals surface area (Å²) in [6.07, 6.45) is 5.26. The van der Waals surface area contributed by atoms with Gasteiger partial charge in [-0.1, -0.05) is 6.07 Å². The summed E-state index contributed by atoms with van der Waals surface area (Å²) in [5.41, 5.74) is 3.30. The Hall–Kier alpha value is -3.65. The quantitative estimate of drug-likeness (QED) is 0.416. The fraction of sp³-hybridized carbons (Fsp3) is 0.269. The minimum atomic E-state index is -0.558. The number of rotatable bonds is 5. The first-order chi connectivity index (χ1) is 16.4. The second-order valence-electron chi connectivity index (χ2n) is 8.56. The van der Waals surface area contributed by atoms with Gasteiger partial charge >= 0.3 is 0 Å². The van der Waals surface area contributed by atoms with Crippen molar-refractivity contribution in [2.75, 3.05) is 5.32 Å². The van der Waals surface area contributed by atoms with Crippen molar-refractivity contribution >= 4 is 39.1 Å². The lowest BCUT2D eigenvalue weighted by molar-refractivity contribution is 0.0948. The molecule has 1 aliphatic rings. The Balaban J connectivity index is 1.47. The van der Waals surface area contributed by atoms with Crippen LogP contribution < -0.4 is 16.1 Å². The molecule has 0 radical (unpaired) electrons. The highest BCUT2D eigenvalue weighted by Gasteiger charge is 2.27. The van der Waals surface area contributed by atoms with Crippen molar-refractivity contribution in [1.82, 2.24) is 5.32 Å². The van der Waals surface area contributed by atoms with Gasteiger partial charge in [-0.2, -0.15) is 0 Å². The van der Waals surface area contributed by atoms with E-state index in [1.165, 1.54) is 17.4 Å². The summed E-state index contributed by atoms with van der Waals surface area (Å²) in [4.78, 5) is 40.1. The number of amides is 2. The van der Waals surface area contributed by atoms with Gasteiger partial charge < -0.3 is 19.5 Å². The van der Waals surface area contributed by atoms with Crippen molar-refractivity contribution in [3.8, 4) is 0 Å². The maximum absolute atomic E-state index is 13.1. The van der Waals surface area contributed by atoms with Crippen LogP contribution in [-0.2, 0) is 19.4 Å². The molecule has 1 aromatic carbocycles. The largest absolute Gasteiger partial charge is 0.467 e. The lowest BCUT2D eigenvalue weighted by Crippen LogP contribution is -2.25. The van der Waals surface area contributed by atoms with Crippen molar-refractivity contribution in [2.24, 2.45) is 0 Å². The van der Waals surface area contributed by atoms with Crippen molar-refractivity contribution in [1.29, 1.82) is 0 Å². The molecule has 174 valence electrons. The molecule has 5 rings (SSSR count). The maximum Gasteiger partial charge on any atom is 0.292 e. The smallest absolute Gasteiger partial charge is 0.292 e. The zero-order chi connectivity index (χ0) is 23.8. The maximum atomic E-state index is 13.1. The van der Waals surface area contributed by atoms with E-state index in [0.717, 1.165) is 47.3 Å². The number of hydrogen-bond acceptors (Lipinski definition) is 6. The number of aryl methyl sites for hydroxylation is 3.